The number of hydrogen-bond acceptors (Lipinski definition) is 5. The smallest absolute Gasteiger partial charge is 0.303 e. The van der Waals surface area contributed by atoms with Crippen LogP contribution in [0.1, 0.15) is 25.2 Å². The molecule has 0 aromatic carbocycles. The maximum absolute atomic E-state index is 13.0. The predicted octanol–water partition coefficient (Wildman–Crippen LogP) is 2.07. The molecule has 1 N–H and O–H groups in total. The average molecular weight is 265 g/mol. The number of carboxylic acid groups (broad SMARTS) is 1. The van der Waals surface area contributed by atoms with Crippen LogP contribution in [-0.2, 0) is 11.2 Å². The first-order valence-electron chi connectivity index (χ1n) is 5.80. The molecule has 0 aliphatic heterocycles. The molecule has 0 unspecified atom stereocenters. The Labute approximate surface area is 108 Å². The number of pyridine rings is 1. The van der Waals surface area contributed by atoms with Crippen LogP contribution in [0.5, 0.6) is 0 Å². The lowest BCUT2D eigenvalue weighted by molar-refractivity contribution is -0.137. The van der Waals surface area contributed by atoms with E-state index in [0.29, 0.717) is 30.7 Å². The summed E-state index contributed by atoms with van der Waals surface area (Å²) in [5, 5.41) is 16.1. The van der Waals surface area contributed by atoms with Crippen molar-refractivity contribution in [1.82, 2.24) is 15.2 Å². The number of aryl methyl sites for hydroxylation is 1. The molecule has 0 fully saturated rings. The fourth-order valence-corrected chi connectivity index (χ4v) is 1.55. The molecular formula is C12H12FN3O3. The van der Waals surface area contributed by atoms with E-state index < -0.39 is 11.8 Å². The van der Waals surface area contributed by atoms with Gasteiger partial charge in [0.25, 0.3) is 0 Å². The highest BCUT2D eigenvalue weighted by atomic mass is 19.1. The molecule has 2 heterocycles. The molecule has 0 bridgehead atoms. The van der Waals surface area contributed by atoms with E-state index in [1.54, 1.807) is 0 Å². The number of hydrogen-bond donors (Lipinski definition) is 1. The largest absolute Gasteiger partial charge is 0.481 e. The number of aliphatic carboxylic acids is 1. The van der Waals surface area contributed by atoms with E-state index in [-0.39, 0.29) is 12.3 Å². The van der Waals surface area contributed by atoms with Crippen molar-refractivity contribution < 1.29 is 18.7 Å². The second-order valence-corrected chi connectivity index (χ2v) is 3.99. The minimum atomic E-state index is -0.822. The third kappa shape index (κ3) is 3.84. The van der Waals surface area contributed by atoms with Crippen LogP contribution in [0, 0.1) is 5.82 Å². The lowest BCUT2D eigenvalue weighted by Gasteiger charge is -1.95. The zero-order chi connectivity index (χ0) is 13.7. The molecule has 0 aliphatic rings. The minimum Gasteiger partial charge on any atom is -0.481 e. The molecule has 100 valence electrons. The Morgan fingerprint density at radius 1 is 1.32 bits per heavy atom. The molecular weight excluding hydrogens is 253 g/mol. The normalized spacial score (nSPS) is 10.6. The van der Waals surface area contributed by atoms with E-state index in [2.05, 4.69) is 15.2 Å². The first kappa shape index (κ1) is 13.1. The molecule has 0 atom stereocenters. The summed E-state index contributed by atoms with van der Waals surface area (Å²) in [5.41, 5.74) is 0.421. The molecule has 0 aliphatic carbocycles. The summed E-state index contributed by atoms with van der Waals surface area (Å²) in [6.45, 7) is 0. The van der Waals surface area contributed by atoms with Gasteiger partial charge in [-0.3, -0.25) is 9.78 Å². The first-order chi connectivity index (χ1) is 9.15. The zero-order valence-corrected chi connectivity index (χ0v) is 10.0. The second kappa shape index (κ2) is 6.03. The van der Waals surface area contributed by atoms with E-state index in [1.807, 2.05) is 0 Å². The average Bonchev–Trinajstić information content (AvgIpc) is 2.83. The topological polar surface area (TPSA) is 89.1 Å². The third-order valence-electron chi connectivity index (χ3n) is 2.45. The van der Waals surface area contributed by atoms with Gasteiger partial charge in [0.15, 0.2) is 0 Å². The standard InChI is InChI=1S/C12H12FN3O3/c13-9-5-8(6-14-7-9)12-16-15-10(19-12)3-1-2-4-11(17)18/h5-7H,1-4H2,(H,17,18). The molecule has 2 aromatic heterocycles. The summed E-state index contributed by atoms with van der Waals surface area (Å²) in [5.74, 6) is -0.680. The van der Waals surface area contributed by atoms with Gasteiger partial charge in [-0.15, -0.1) is 10.2 Å². The van der Waals surface area contributed by atoms with Gasteiger partial charge in [-0.05, 0) is 18.9 Å². The summed E-state index contributed by atoms with van der Waals surface area (Å²) >= 11 is 0. The lowest BCUT2D eigenvalue weighted by atomic mass is 10.2. The van der Waals surface area contributed by atoms with Gasteiger partial charge in [0.1, 0.15) is 5.82 Å². The fraction of sp³-hybridized carbons (Fsp3) is 0.333. The van der Waals surface area contributed by atoms with Crippen molar-refractivity contribution >= 4 is 5.97 Å². The summed E-state index contributed by atoms with van der Waals surface area (Å²) in [6.07, 6.45) is 4.35. The van der Waals surface area contributed by atoms with Crippen LogP contribution < -0.4 is 0 Å². The van der Waals surface area contributed by atoms with Gasteiger partial charge in [0, 0.05) is 19.0 Å². The second-order valence-electron chi connectivity index (χ2n) is 3.99. The van der Waals surface area contributed by atoms with Crippen molar-refractivity contribution in [3.63, 3.8) is 0 Å². The van der Waals surface area contributed by atoms with Crippen LogP contribution >= 0.6 is 0 Å². The van der Waals surface area contributed by atoms with Crippen molar-refractivity contribution in [2.24, 2.45) is 0 Å². The van der Waals surface area contributed by atoms with Gasteiger partial charge in [0.05, 0.1) is 11.8 Å². The highest BCUT2D eigenvalue weighted by Gasteiger charge is 2.09. The molecule has 6 nitrogen and oxygen atoms in total. The number of nitrogens with zero attached hydrogens (tertiary/aromatic N) is 3. The third-order valence-corrected chi connectivity index (χ3v) is 2.45. The Kier molecular flexibility index (Phi) is 4.17. The molecule has 7 heteroatoms. The number of carboxylic acids is 1. The van der Waals surface area contributed by atoms with Crippen molar-refractivity contribution in [3.05, 3.63) is 30.2 Å². The fourth-order valence-electron chi connectivity index (χ4n) is 1.55. The van der Waals surface area contributed by atoms with E-state index in [0.717, 1.165) is 6.20 Å². The Bertz CT molecular complexity index is 571. The van der Waals surface area contributed by atoms with Crippen molar-refractivity contribution in [1.29, 1.82) is 0 Å². The zero-order valence-electron chi connectivity index (χ0n) is 10.0. The Hall–Kier alpha value is -2.31. The molecule has 0 saturated carbocycles. The van der Waals surface area contributed by atoms with Gasteiger partial charge >= 0.3 is 5.97 Å². The Balaban J connectivity index is 1.94. The minimum absolute atomic E-state index is 0.120. The Morgan fingerprint density at radius 2 is 2.16 bits per heavy atom. The van der Waals surface area contributed by atoms with Crippen LogP contribution in [0.4, 0.5) is 4.39 Å². The number of halogens is 1. The molecule has 19 heavy (non-hydrogen) atoms. The molecule has 0 radical (unpaired) electrons. The lowest BCUT2D eigenvalue weighted by Crippen LogP contribution is -1.95. The van der Waals surface area contributed by atoms with E-state index in [4.69, 9.17) is 9.52 Å². The quantitative estimate of drug-likeness (QED) is 0.804. The van der Waals surface area contributed by atoms with E-state index in [1.165, 1.54) is 12.3 Å². The van der Waals surface area contributed by atoms with Crippen LogP contribution in [0.3, 0.4) is 0 Å². The highest BCUT2D eigenvalue weighted by molar-refractivity contribution is 5.66. The van der Waals surface area contributed by atoms with Gasteiger partial charge in [-0.25, -0.2) is 4.39 Å². The SMILES string of the molecule is O=C(O)CCCCc1nnc(-c2cncc(F)c2)o1. The maximum atomic E-state index is 13.0. The maximum Gasteiger partial charge on any atom is 0.303 e. The van der Waals surface area contributed by atoms with Crippen molar-refractivity contribution in [3.8, 4) is 11.5 Å². The summed E-state index contributed by atoms with van der Waals surface area (Å²) in [7, 11) is 0. The van der Waals surface area contributed by atoms with Crippen LogP contribution in [0.25, 0.3) is 11.5 Å². The van der Waals surface area contributed by atoms with Gasteiger partial charge < -0.3 is 9.52 Å². The molecule has 2 aromatic rings. The summed E-state index contributed by atoms with van der Waals surface area (Å²) in [6, 6.07) is 1.26. The van der Waals surface area contributed by atoms with Crippen LogP contribution in [0.15, 0.2) is 22.9 Å². The van der Waals surface area contributed by atoms with E-state index in [9.17, 15) is 9.18 Å². The van der Waals surface area contributed by atoms with Gasteiger partial charge in [0.2, 0.25) is 11.8 Å². The number of unbranched alkanes of at least 4 members (excludes halogenated alkanes) is 1. The van der Waals surface area contributed by atoms with Crippen LogP contribution in [0.2, 0.25) is 0 Å². The van der Waals surface area contributed by atoms with E-state index >= 15 is 0 Å². The summed E-state index contributed by atoms with van der Waals surface area (Å²) < 4.78 is 18.3. The molecule has 2 rings (SSSR count). The molecule has 0 saturated heterocycles. The number of rotatable bonds is 6. The van der Waals surface area contributed by atoms with Gasteiger partial charge in [-0.2, -0.15) is 0 Å². The monoisotopic (exact) mass is 265 g/mol. The summed E-state index contributed by atoms with van der Waals surface area (Å²) in [4.78, 5) is 14.0. The first-order valence-corrected chi connectivity index (χ1v) is 5.80. The van der Waals surface area contributed by atoms with Crippen molar-refractivity contribution in [2.45, 2.75) is 25.7 Å². The van der Waals surface area contributed by atoms with Crippen LogP contribution in [-0.4, -0.2) is 26.3 Å². The molecule has 0 spiro atoms. The highest BCUT2D eigenvalue weighted by Crippen LogP contribution is 2.18. The Morgan fingerprint density at radius 3 is 2.89 bits per heavy atom. The van der Waals surface area contributed by atoms with Crippen molar-refractivity contribution in [2.75, 3.05) is 0 Å². The predicted molar refractivity (Wildman–Crippen MR) is 62.7 cm³/mol. The molecule has 0 amide bonds. The van der Waals surface area contributed by atoms with Gasteiger partial charge in [-0.1, -0.05) is 0 Å². The number of carbonyl (C=O) groups is 1. The number of aromatic nitrogens is 3.